The average molecular weight is 297 g/mol. The fourth-order valence-electron chi connectivity index (χ4n) is 1.95. The van der Waals surface area contributed by atoms with Crippen LogP contribution in [-0.4, -0.2) is 9.78 Å². The Balaban J connectivity index is 2.36. The lowest BCUT2D eigenvalue weighted by Crippen LogP contribution is -2.03. The summed E-state index contributed by atoms with van der Waals surface area (Å²) in [6, 6.07) is 10.0. The zero-order valence-electron chi connectivity index (χ0n) is 11.2. The van der Waals surface area contributed by atoms with E-state index in [0.717, 1.165) is 29.8 Å². The first kappa shape index (κ1) is 14.4. The van der Waals surface area contributed by atoms with Gasteiger partial charge in [-0.2, -0.15) is 5.10 Å². The Morgan fingerprint density at radius 2 is 1.89 bits per heavy atom. The zero-order valence-corrected chi connectivity index (χ0v) is 12.7. The van der Waals surface area contributed by atoms with Gasteiger partial charge in [-0.25, -0.2) is 0 Å². The largest absolute Gasteiger partial charge is 0.253 e. The number of aryl methyl sites for hydroxylation is 1. The SMILES string of the molecule is CC(C)CCn1nc(-c2ccccc2)c(CCl)c1Cl. The molecule has 2 aromatic rings. The number of rotatable bonds is 5. The van der Waals surface area contributed by atoms with Crippen molar-refractivity contribution in [1.82, 2.24) is 9.78 Å². The first-order chi connectivity index (χ1) is 9.13. The molecule has 0 fully saturated rings. The van der Waals surface area contributed by atoms with Crippen LogP contribution in [0.1, 0.15) is 25.8 Å². The highest BCUT2D eigenvalue weighted by Crippen LogP contribution is 2.30. The third-order valence-electron chi connectivity index (χ3n) is 3.08. The Labute approximate surface area is 124 Å². The van der Waals surface area contributed by atoms with Gasteiger partial charge in [-0.1, -0.05) is 55.8 Å². The molecular weight excluding hydrogens is 279 g/mol. The molecule has 0 aliphatic heterocycles. The first-order valence-electron chi connectivity index (χ1n) is 6.50. The quantitative estimate of drug-likeness (QED) is 0.711. The van der Waals surface area contributed by atoms with Crippen LogP contribution in [0.25, 0.3) is 11.3 Å². The Kier molecular flexibility index (Phi) is 4.89. The number of hydrogen-bond donors (Lipinski definition) is 0. The molecule has 0 aliphatic rings. The highest BCUT2D eigenvalue weighted by Gasteiger charge is 2.16. The standard InChI is InChI=1S/C15H18Cl2N2/c1-11(2)8-9-19-15(17)13(10-16)14(18-19)12-6-4-3-5-7-12/h3-7,11H,8-10H2,1-2H3. The molecule has 0 radical (unpaired) electrons. The fraction of sp³-hybridized carbons (Fsp3) is 0.400. The molecule has 19 heavy (non-hydrogen) atoms. The van der Waals surface area contributed by atoms with Crippen molar-refractivity contribution in [2.45, 2.75) is 32.7 Å². The van der Waals surface area contributed by atoms with E-state index in [2.05, 4.69) is 18.9 Å². The maximum Gasteiger partial charge on any atom is 0.132 e. The summed E-state index contributed by atoms with van der Waals surface area (Å²) >= 11 is 12.4. The van der Waals surface area contributed by atoms with Gasteiger partial charge in [-0.3, -0.25) is 4.68 Å². The van der Waals surface area contributed by atoms with Crippen molar-refractivity contribution >= 4 is 23.2 Å². The second-order valence-electron chi connectivity index (χ2n) is 5.02. The second kappa shape index (κ2) is 6.44. The van der Waals surface area contributed by atoms with Crippen LogP contribution in [0.4, 0.5) is 0 Å². The van der Waals surface area contributed by atoms with Gasteiger partial charge in [0.1, 0.15) is 5.15 Å². The van der Waals surface area contributed by atoms with E-state index < -0.39 is 0 Å². The van der Waals surface area contributed by atoms with E-state index in [4.69, 9.17) is 23.2 Å². The monoisotopic (exact) mass is 296 g/mol. The van der Waals surface area contributed by atoms with Crippen molar-refractivity contribution in [1.29, 1.82) is 0 Å². The second-order valence-corrected chi connectivity index (χ2v) is 5.65. The van der Waals surface area contributed by atoms with Crippen molar-refractivity contribution in [3.63, 3.8) is 0 Å². The van der Waals surface area contributed by atoms with Crippen LogP contribution in [0.2, 0.25) is 5.15 Å². The van der Waals surface area contributed by atoms with E-state index in [1.807, 2.05) is 35.0 Å². The smallest absolute Gasteiger partial charge is 0.132 e. The van der Waals surface area contributed by atoms with Crippen LogP contribution in [0.15, 0.2) is 30.3 Å². The molecule has 0 unspecified atom stereocenters. The van der Waals surface area contributed by atoms with Crippen molar-refractivity contribution in [2.24, 2.45) is 5.92 Å². The van der Waals surface area contributed by atoms with Crippen LogP contribution in [0.3, 0.4) is 0 Å². The number of alkyl halides is 1. The minimum atomic E-state index is 0.380. The molecule has 2 nitrogen and oxygen atoms in total. The lowest BCUT2D eigenvalue weighted by molar-refractivity contribution is 0.488. The Bertz CT molecular complexity index is 533. The van der Waals surface area contributed by atoms with Gasteiger partial charge in [0.2, 0.25) is 0 Å². The lowest BCUT2D eigenvalue weighted by Gasteiger charge is -2.05. The van der Waals surface area contributed by atoms with Gasteiger partial charge in [0.05, 0.1) is 11.6 Å². The number of nitrogens with zero attached hydrogens (tertiary/aromatic N) is 2. The molecule has 0 N–H and O–H groups in total. The molecule has 1 aromatic heterocycles. The molecule has 0 aliphatic carbocycles. The Morgan fingerprint density at radius 3 is 2.47 bits per heavy atom. The molecule has 2 rings (SSSR count). The summed E-state index contributed by atoms with van der Waals surface area (Å²) in [7, 11) is 0. The summed E-state index contributed by atoms with van der Waals surface area (Å²) in [6.45, 7) is 5.21. The molecule has 4 heteroatoms. The summed E-state index contributed by atoms with van der Waals surface area (Å²) in [5, 5.41) is 5.28. The van der Waals surface area contributed by atoms with Gasteiger partial charge in [-0.15, -0.1) is 11.6 Å². The number of hydrogen-bond acceptors (Lipinski definition) is 1. The molecule has 1 aromatic carbocycles. The Morgan fingerprint density at radius 1 is 1.21 bits per heavy atom. The molecule has 0 amide bonds. The topological polar surface area (TPSA) is 17.8 Å². The van der Waals surface area contributed by atoms with Gasteiger partial charge in [-0.05, 0) is 12.3 Å². The van der Waals surface area contributed by atoms with Crippen LogP contribution in [0, 0.1) is 5.92 Å². The minimum Gasteiger partial charge on any atom is -0.253 e. The third-order valence-corrected chi connectivity index (χ3v) is 3.77. The molecule has 0 bridgehead atoms. The molecule has 0 spiro atoms. The van der Waals surface area contributed by atoms with E-state index >= 15 is 0 Å². The molecule has 102 valence electrons. The van der Waals surface area contributed by atoms with Crippen molar-refractivity contribution < 1.29 is 0 Å². The number of aromatic nitrogens is 2. The average Bonchev–Trinajstić information content (AvgIpc) is 2.74. The normalized spacial score (nSPS) is 11.2. The molecule has 0 atom stereocenters. The minimum absolute atomic E-state index is 0.380. The summed E-state index contributed by atoms with van der Waals surface area (Å²) in [6.07, 6.45) is 1.05. The lowest BCUT2D eigenvalue weighted by atomic mass is 10.1. The first-order valence-corrected chi connectivity index (χ1v) is 7.41. The van der Waals surface area contributed by atoms with Gasteiger partial charge >= 0.3 is 0 Å². The highest BCUT2D eigenvalue weighted by atomic mass is 35.5. The summed E-state index contributed by atoms with van der Waals surface area (Å²) in [5.41, 5.74) is 2.87. The van der Waals surface area contributed by atoms with E-state index in [-0.39, 0.29) is 0 Å². The number of benzene rings is 1. The zero-order chi connectivity index (χ0) is 13.8. The van der Waals surface area contributed by atoms with E-state index in [9.17, 15) is 0 Å². The predicted octanol–water partition coefficient (Wildman–Crippen LogP) is 4.99. The van der Waals surface area contributed by atoms with Crippen molar-refractivity contribution in [3.05, 3.63) is 41.0 Å². The highest BCUT2D eigenvalue weighted by molar-refractivity contribution is 6.31. The van der Waals surface area contributed by atoms with E-state index in [1.54, 1.807) is 0 Å². The van der Waals surface area contributed by atoms with E-state index in [0.29, 0.717) is 17.0 Å². The van der Waals surface area contributed by atoms with Gasteiger partial charge < -0.3 is 0 Å². The maximum atomic E-state index is 6.38. The predicted molar refractivity (Wildman–Crippen MR) is 81.7 cm³/mol. The van der Waals surface area contributed by atoms with Crippen LogP contribution < -0.4 is 0 Å². The van der Waals surface area contributed by atoms with Crippen molar-refractivity contribution in [3.8, 4) is 11.3 Å². The van der Waals surface area contributed by atoms with Crippen molar-refractivity contribution in [2.75, 3.05) is 0 Å². The van der Waals surface area contributed by atoms with Gasteiger partial charge in [0.15, 0.2) is 0 Å². The third kappa shape index (κ3) is 3.31. The molecular formula is C15H18Cl2N2. The summed E-state index contributed by atoms with van der Waals surface area (Å²) < 4.78 is 1.86. The number of halogens is 2. The van der Waals surface area contributed by atoms with Crippen LogP contribution >= 0.6 is 23.2 Å². The van der Waals surface area contributed by atoms with Crippen LogP contribution in [0.5, 0.6) is 0 Å². The van der Waals surface area contributed by atoms with Gasteiger partial charge in [0.25, 0.3) is 0 Å². The van der Waals surface area contributed by atoms with E-state index in [1.165, 1.54) is 0 Å². The van der Waals surface area contributed by atoms with Gasteiger partial charge in [0, 0.05) is 17.7 Å². The molecule has 0 saturated carbocycles. The van der Waals surface area contributed by atoms with Crippen LogP contribution in [-0.2, 0) is 12.4 Å². The molecule has 1 heterocycles. The summed E-state index contributed by atoms with van der Waals surface area (Å²) in [4.78, 5) is 0. The molecule has 0 saturated heterocycles. The summed E-state index contributed by atoms with van der Waals surface area (Å²) in [5.74, 6) is 1.00. The fourth-order valence-corrected chi connectivity index (χ4v) is 2.55. The Hall–Kier alpha value is -0.990. The maximum absolute atomic E-state index is 6.38.